The molecule has 0 saturated heterocycles. The largest absolute Gasteiger partial charge is 0.493 e. The molecular formula is C15H16N2O4. The SMILES string of the molecule is COc1cc(CO)ccc1Oc1nc(C)ccc1C(N)=O. The summed E-state index contributed by atoms with van der Waals surface area (Å²) in [7, 11) is 1.49. The summed E-state index contributed by atoms with van der Waals surface area (Å²) in [6.07, 6.45) is 0. The molecule has 1 aromatic heterocycles. The number of pyridine rings is 1. The van der Waals surface area contributed by atoms with Crippen LogP contribution in [-0.2, 0) is 6.61 Å². The van der Waals surface area contributed by atoms with E-state index in [1.807, 2.05) is 0 Å². The lowest BCUT2D eigenvalue weighted by Crippen LogP contribution is -2.13. The molecule has 21 heavy (non-hydrogen) atoms. The summed E-state index contributed by atoms with van der Waals surface area (Å²) < 4.78 is 10.9. The number of amides is 1. The Morgan fingerprint density at radius 3 is 2.67 bits per heavy atom. The summed E-state index contributed by atoms with van der Waals surface area (Å²) in [5.74, 6) is 0.316. The van der Waals surface area contributed by atoms with Crippen LogP contribution in [0, 0.1) is 6.92 Å². The normalized spacial score (nSPS) is 10.2. The average Bonchev–Trinajstić information content (AvgIpc) is 2.47. The van der Waals surface area contributed by atoms with Crippen molar-refractivity contribution in [1.82, 2.24) is 4.98 Å². The summed E-state index contributed by atoms with van der Waals surface area (Å²) in [5.41, 5.74) is 6.88. The molecule has 0 aliphatic rings. The van der Waals surface area contributed by atoms with Gasteiger partial charge in [-0.1, -0.05) is 6.07 Å². The first-order chi connectivity index (χ1) is 10.0. The van der Waals surface area contributed by atoms with Crippen LogP contribution in [-0.4, -0.2) is 23.1 Å². The van der Waals surface area contributed by atoms with Crippen LogP contribution in [0.5, 0.6) is 17.4 Å². The highest BCUT2D eigenvalue weighted by atomic mass is 16.5. The third-order valence-corrected chi connectivity index (χ3v) is 2.88. The number of hydrogen-bond donors (Lipinski definition) is 2. The zero-order chi connectivity index (χ0) is 15.4. The van der Waals surface area contributed by atoms with E-state index in [4.69, 9.17) is 20.3 Å². The number of rotatable bonds is 5. The molecule has 6 heteroatoms. The molecule has 0 spiro atoms. The number of nitrogens with zero attached hydrogens (tertiary/aromatic N) is 1. The van der Waals surface area contributed by atoms with Crippen LogP contribution in [0.4, 0.5) is 0 Å². The van der Waals surface area contributed by atoms with Gasteiger partial charge in [-0.2, -0.15) is 0 Å². The van der Waals surface area contributed by atoms with E-state index in [0.29, 0.717) is 22.8 Å². The third kappa shape index (κ3) is 3.29. The lowest BCUT2D eigenvalue weighted by molar-refractivity contribution is 0.0997. The lowest BCUT2D eigenvalue weighted by Gasteiger charge is -2.12. The second-order valence-corrected chi connectivity index (χ2v) is 4.41. The molecule has 0 aliphatic carbocycles. The molecule has 0 unspecified atom stereocenters. The second kappa shape index (κ2) is 6.23. The number of nitrogens with two attached hydrogens (primary N) is 1. The van der Waals surface area contributed by atoms with Crippen molar-refractivity contribution in [2.75, 3.05) is 7.11 Å². The van der Waals surface area contributed by atoms with Gasteiger partial charge >= 0.3 is 0 Å². The summed E-state index contributed by atoms with van der Waals surface area (Å²) in [4.78, 5) is 15.6. The Labute approximate surface area is 122 Å². The number of ether oxygens (including phenoxy) is 2. The maximum atomic E-state index is 11.4. The van der Waals surface area contributed by atoms with E-state index in [-0.39, 0.29) is 18.1 Å². The molecule has 0 atom stereocenters. The average molecular weight is 288 g/mol. The minimum atomic E-state index is -0.622. The number of methoxy groups -OCH3 is 1. The van der Waals surface area contributed by atoms with Gasteiger partial charge in [0, 0.05) is 5.69 Å². The topological polar surface area (TPSA) is 94.7 Å². The Balaban J connectivity index is 2.42. The Kier molecular flexibility index (Phi) is 4.39. The maximum absolute atomic E-state index is 11.4. The molecule has 110 valence electrons. The molecule has 0 radical (unpaired) electrons. The zero-order valence-corrected chi connectivity index (χ0v) is 11.8. The molecule has 2 rings (SSSR count). The number of carbonyl (C=O) groups excluding carboxylic acids is 1. The van der Waals surface area contributed by atoms with Gasteiger partial charge in [-0.05, 0) is 36.8 Å². The number of carbonyl (C=O) groups is 1. The van der Waals surface area contributed by atoms with Gasteiger partial charge in [-0.3, -0.25) is 4.79 Å². The van der Waals surface area contributed by atoms with Crippen LogP contribution >= 0.6 is 0 Å². The van der Waals surface area contributed by atoms with Crippen molar-refractivity contribution >= 4 is 5.91 Å². The second-order valence-electron chi connectivity index (χ2n) is 4.41. The van der Waals surface area contributed by atoms with Crippen molar-refractivity contribution in [3.05, 3.63) is 47.2 Å². The number of benzene rings is 1. The van der Waals surface area contributed by atoms with Crippen LogP contribution in [0.1, 0.15) is 21.6 Å². The highest BCUT2D eigenvalue weighted by Crippen LogP contribution is 2.33. The molecular weight excluding hydrogens is 272 g/mol. The standard InChI is InChI=1S/C15H16N2O4/c1-9-3-5-11(14(16)19)15(17-9)21-12-6-4-10(8-18)7-13(12)20-2/h3-7,18H,8H2,1-2H3,(H2,16,19). The first kappa shape index (κ1) is 14.8. The molecule has 1 heterocycles. The number of primary amides is 1. The Bertz CT molecular complexity index is 671. The maximum Gasteiger partial charge on any atom is 0.254 e. The summed E-state index contributed by atoms with van der Waals surface area (Å²) in [6.45, 7) is 1.68. The van der Waals surface area contributed by atoms with E-state index in [1.54, 1.807) is 37.3 Å². The first-order valence-corrected chi connectivity index (χ1v) is 6.28. The zero-order valence-electron chi connectivity index (χ0n) is 11.8. The van der Waals surface area contributed by atoms with Crippen molar-refractivity contribution in [2.24, 2.45) is 5.73 Å². The quantitative estimate of drug-likeness (QED) is 0.874. The first-order valence-electron chi connectivity index (χ1n) is 6.28. The molecule has 2 aromatic rings. The molecule has 6 nitrogen and oxygen atoms in total. The molecule has 0 bridgehead atoms. The number of aromatic nitrogens is 1. The van der Waals surface area contributed by atoms with E-state index < -0.39 is 5.91 Å². The van der Waals surface area contributed by atoms with Gasteiger partial charge in [0.15, 0.2) is 11.5 Å². The van der Waals surface area contributed by atoms with E-state index >= 15 is 0 Å². The lowest BCUT2D eigenvalue weighted by atomic mass is 10.2. The van der Waals surface area contributed by atoms with Crippen LogP contribution < -0.4 is 15.2 Å². The van der Waals surface area contributed by atoms with Crippen LogP contribution in [0.3, 0.4) is 0 Å². The highest BCUT2D eigenvalue weighted by Gasteiger charge is 2.14. The van der Waals surface area contributed by atoms with Gasteiger partial charge < -0.3 is 20.3 Å². The number of aliphatic hydroxyl groups is 1. The molecule has 1 aromatic carbocycles. The van der Waals surface area contributed by atoms with Crippen molar-refractivity contribution < 1.29 is 19.4 Å². The van der Waals surface area contributed by atoms with Gasteiger partial charge in [0.1, 0.15) is 5.56 Å². The molecule has 0 aliphatic heterocycles. The predicted molar refractivity (Wildman–Crippen MR) is 76.5 cm³/mol. The Hall–Kier alpha value is -2.60. The van der Waals surface area contributed by atoms with Crippen molar-refractivity contribution in [1.29, 1.82) is 0 Å². The van der Waals surface area contributed by atoms with Crippen molar-refractivity contribution in [3.63, 3.8) is 0 Å². The predicted octanol–water partition coefficient (Wildman–Crippen LogP) is 1.78. The van der Waals surface area contributed by atoms with Crippen LogP contribution in [0.2, 0.25) is 0 Å². The van der Waals surface area contributed by atoms with Gasteiger partial charge in [0.05, 0.1) is 13.7 Å². The smallest absolute Gasteiger partial charge is 0.254 e. The minimum Gasteiger partial charge on any atom is -0.493 e. The summed E-state index contributed by atoms with van der Waals surface area (Å²) in [5, 5.41) is 9.12. The van der Waals surface area contributed by atoms with Crippen LogP contribution in [0.25, 0.3) is 0 Å². The molecule has 1 amide bonds. The van der Waals surface area contributed by atoms with Gasteiger partial charge in [0.25, 0.3) is 5.91 Å². The van der Waals surface area contributed by atoms with Crippen molar-refractivity contribution in [2.45, 2.75) is 13.5 Å². The summed E-state index contributed by atoms with van der Waals surface area (Å²) >= 11 is 0. The fraction of sp³-hybridized carbons (Fsp3) is 0.200. The van der Waals surface area contributed by atoms with Gasteiger partial charge in [-0.15, -0.1) is 0 Å². The van der Waals surface area contributed by atoms with Crippen LogP contribution in [0.15, 0.2) is 30.3 Å². The highest BCUT2D eigenvalue weighted by molar-refractivity contribution is 5.95. The number of aliphatic hydroxyl groups excluding tert-OH is 1. The van der Waals surface area contributed by atoms with E-state index in [9.17, 15) is 4.79 Å². The van der Waals surface area contributed by atoms with E-state index in [1.165, 1.54) is 7.11 Å². The number of hydrogen-bond acceptors (Lipinski definition) is 5. The Morgan fingerprint density at radius 1 is 1.29 bits per heavy atom. The van der Waals surface area contributed by atoms with Gasteiger partial charge in [-0.25, -0.2) is 4.98 Å². The molecule has 0 saturated carbocycles. The van der Waals surface area contributed by atoms with Gasteiger partial charge in [0.2, 0.25) is 5.88 Å². The summed E-state index contributed by atoms with van der Waals surface area (Å²) in [6, 6.07) is 8.22. The fourth-order valence-electron chi connectivity index (χ4n) is 1.80. The molecule has 0 fully saturated rings. The van der Waals surface area contributed by atoms with E-state index in [0.717, 1.165) is 0 Å². The van der Waals surface area contributed by atoms with Crippen molar-refractivity contribution in [3.8, 4) is 17.4 Å². The third-order valence-electron chi connectivity index (χ3n) is 2.88. The monoisotopic (exact) mass is 288 g/mol. The minimum absolute atomic E-state index is 0.105. The number of aryl methyl sites for hydroxylation is 1. The van der Waals surface area contributed by atoms with E-state index in [2.05, 4.69) is 4.98 Å². The fourth-order valence-corrected chi connectivity index (χ4v) is 1.80. The Morgan fingerprint density at radius 2 is 2.05 bits per heavy atom. The molecule has 3 N–H and O–H groups in total.